The number of carbonyl (C=O) groups excluding carboxylic acids is 1. The summed E-state index contributed by atoms with van der Waals surface area (Å²) >= 11 is 1.75. The van der Waals surface area contributed by atoms with Gasteiger partial charge in [0.2, 0.25) is 5.91 Å². The van der Waals surface area contributed by atoms with Crippen molar-refractivity contribution in [3.63, 3.8) is 0 Å². The molecule has 0 spiro atoms. The predicted octanol–water partition coefficient (Wildman–Crippen LogP) is 3.88. The van der Waals surface area contributed by atoms with Gasteiger partial charge in [0.1, 0.15) is 0 Å². The maximum atomic E-state index is 12.4. The molecule has 2 rings (SSSR count). The normalized spacial score (nSPS) is 18.1. The van der Waals surface area contributed by atoms with Crippen LogP contribution in [0.25, 0.3) is 0 Å². The summed E-state index contributed by atoms with van der Waals surface area (Å²) in [4.78, 5) is 14.4. The Balaban J connectivity index is 1.82. The highest BCUT2D eigenvalue weighted by Gasteiger charge is 2.24. The Bertz CT molecular complexity index is 452. The monoisotopic (exact) mass is 291 g/mol. The standard InChI is InChI=1S/C17H25NOS/c1-13-7-9-18(10-8-13)17(19)15(3)20-12-16-6-4-5-14(2)11-16/h4-6,11,13,15H,7-10,12H2,1-3H3. The maximum Gasteiger partial charge on any atom is 0.235 e. The SMILES string of the molecule is Cc1cccc(CSC(C)C(=O)N2CCC(C)CC2)c1. The maximum absolute atomic E-state index is 12.4. The number of hydrogen-bond donors (Lipinski definition) is 0. The van der Waals surface area contributed by atoms with Gasteiger partial charge in [-0.3, -0.25) is 4.79 Å². The number of nitrogens with zero attached hydrogens (tertiary/aromatic N) is 1. The first-order valence-electron chi connectivity index (χ1n) is 7.52. The molecule has 1 atom stereocenters. The van der Waals surface area contributed by atoms with Crippen LogP contribution in [-0.2, 0) is 10.5 Å². The third-order valence-electron chi connectivity index (χ3n) is 4.03. The topological polar surface area (TPSA) is 20.3 Å². The van der Waals surface area contributed by atoms with Gasteiger partial charge in [-0.05, 0) is 38.2 Å². The van der Waals surface area contributed by atoms with E-state index in [4.69, 9.17) is 0 Å². The van der Waals surface area contributed by atoms with Crippen molar-refractivity contribution in [2.24, 2.45) is 5.92 Å². The van der Waals surface area contributed by atoms with E-state index in [0.717, 1.165) is 37.6 Å². The Hall–Kier alpha value is -0.960. The number of piperidine rings is 1. The first-order chi connectivity index (χ1) is 9.56. The van der Waals surface area contributed by atoms with Gasteiger partial charge >= 0.3 is 0 Å². The summed E-state index contributed by atoms with van der Waals surface area (Å²) in [5.74, 6) is 2.00. The van der Waals surface area contributed by atoms with Crippen molar-refractivity contribution in [1.29, 1.82) is 0 Å². The van der Waals surface area contributed by atoms with E-state index in [0.29, 0.717) is 5.91 Å². The number of thioether (sulfide) groups is 1. The lowest BCUT2D eigenvalue weighted by atomic mass is 9.99. The molecule has 3 heteroatoms. The van der Waals surface area contributed by atoms with Gasteiger partial charge in [-0.25, -0.2) is 0 Å². The molecule has 0 saturated carbocycles. The average molecular weight is 291 g/mol. The van der Waals surface area contributed by atoms with Crippen LogP contribution in [-0.4, -0.2) is 29.1 Å². The minimum Gasteiger partial charge on any atom is -0.342 e. The summed E-state index contributed by atoms with van der Waals surface area (Å²) < 4.78 is 0. The van der Waals surface area contributed by atoms with E-state index in [1.807, 2.05) is 11.8 Å². The Kier molecular flexibility index (Phi) is 5.53. The number of likely N-dealkylation sites (tertiary alicyclic amines) is 1. The molecule has 0 aliphatic carbocycles. The number of benzene rings is 1. The fraction of sp³-hybridized carbons (Fsp3) is 0.588. The highest BCUT2D eigenvalue weighted by molar-refractivity contribution is 7.99. The smallest absolute Gasteiger partial charge is 0.235 e. The fourth-order valence-corrected chi connectivity index (χ4v) is 3.49. The minimum absolute atomic E-state index is 0.0592. The van der Waals surface area contributed by atoms with Gasteiger partial charge in [0.15, 0.2) is 0 Å². The third-order valence-corrected chi connectivity index (χ3v) is 5.23. The van der Waals surface area contributed by atoms with Gasteiger partial charge in [0.05, 0.1) is 5.25 Å². The number of aryl methyl sites for hydroxylation is 1. The molecule has 0 N–H and O–H groups in total. The first-order valence-corrected chi connectivity index (χ1v) is 8.57. The highest BCUT2D eigenvalue weighted by atomic mass is 32.2. The molecular formula is C17H25NOS. The molecule has 1 aromatic rings. The first kappa shape index (κ1) is 15.4. The van der Waals surface area contributed by atoms with Crippen molar-refractivity contribution >= 4 is 17.7 Å². The molecule has 1 fully saturated rings. The van der Waals surface area contributed by atoms with Crippen LogP contribution in [0.3, 0.4) is 0 Å². The van der Waals surface area contributed by atoms with E-state index in [2.05, 4.69) is 38.1 Å². The number of rotatable bonds is 4. The summed E-state index contributed by atoms with van der Waals surface area (Å²) in [5.41, 5.74) is 2.59. The fourth-order valence-electron chi connectivity index (χ4n) is 2.58. The summed E-state index contributed by atoms with van der Waals surface area (Å²) in [5, 5.41) is 0.0592. The van der Waals surface area contributed by atoms with Crippen LogP contribution in [0.15, 0.2) is 24.3 Å². The second-order valence-electron chi connectivity index (χ2n) is 5.95. The Morgan fingerprint density at radius 2 is 2.10 bits per heavy atom. The molecule has 0 radical (unpaired) electrons. The lowest BCUT2D eigenvalue weighted by molar-refractivity contribution is -0.131. The van der Waals surface area contributed by atoms with Crippen LogP contribution in [0.5, 0.6) is 0 Å². The van der Waals surface area contributed by atoms with Gasteiger partial charge in [-0.15, -0.1) is 11.8 Å². The average Bonchev–Trinajstić information content (AvgIpc) is 2.45. The molecule has 1 amide bonds. The van der Waals surface area contributed by atoms with E-state index in [1.54, 1.807) is 11.8 Å². The van der Waals surface area contributed by atoms with E-state index < -0.39 is 0 Å². The molecule has 110 valence electrons. The van der Waals surface area contributed by atoms with Crippen LogP contribution in [0.2, 0.25) is 0 Å². The molecule has 2 nitrogen and oxygen atoms in total. The zero-order chi connectivity index (χ0) is 14.5. The summed E-state index contributed by atoms with van der Waals surface area (Å²) in [6.07, 6.45) is 2.31. The van der Waals surface area contributed by atoms with Gasteiger partial charge < -0.3 is 4.90 Å². The second-order valence-corrected chi connectivity index (χ2v) is 7.28. The molecule has 1 unspecified atom stereocenters. The Morgan fingerprint density at radius 3 is 2.75 bits per heavy atom. The van der Waals surface area contributed by atoms with Crippen LogP contribution < -0.4 is 0 Å². The molecular weight excluding hydrogens is 266 g/mol. The van der Waals surface area contributed by atoms with Crippen molar-refractivity contribution < 1.29 is 4.79 Å². The summed E-state index contributed by atoms with van der Waals surface area (Å²) in [6.45, 7) is 8.31. The van der Waals surface area contributed by atoms with E-state index in [-0.39, 0.29) is 5.25 Å². The lowest BCUT2D eigenvalue weighted by Crippen LogP contribution is -2.41. The van der Waals surface area contributed by atoms with E-state index >= 15 is 0 Å². The second kappa shape index (κ2) is 7.16. The highest BCUT2D eigenvalue weighted by Crippen LogP contribution is 2.23. The molecule has 1 aromatic carbocycles. The quantitative estimate of drug-likeness (QED) is 0.839. The predicted molar refractivity (Wildman–Crippen MR) is 86.9 cm³/mol. The van der Waals surface area contributed by atoms with Gasteiger partial charge in [-0.2, -0.15) is 0 Å². The zero-order valence-electron chi connectivity index (χ0n) is 12.8. The molecule has 20 heavy (non-hydrogen) atoms. The number of amides is 1. The molecule has 1 aliphatic heterocycles. The third kappa shape index (κ3) is 4.27. The minimum atomic E-state index is 0.0592. The van der Waals surface area contributed by atoms with Crippen LogP contribution >= 0.6 is 11.8 Å². The van der Waals surface area contributed by atoms with Crippen LogP contribution in [0, 0.1) is 12.8 Å². The summed E-state index contributed by atoms with van der Waals surface area (Å²) in [6, 6.07) is 8.54. The van der Waals surface area contributed by atoms with Crippen LogP contribution in [0.1, 0.15) is 37.8 Å². The molecule has 1 heterocycles. The van der Waals surface area contributed by atoms with Gasteiger partial charge in [-0.1, -0.05) is 36.8 Å². The lowest BCUT2D eigenvalue weighted by Gasteiger charge is -2.32. The van der Waals surface area contributed by atoms with Crippen molar-refractivity contribution in [2.45, 2.75) is 44.6 Å². The number of hydrogen-bond acceptors (Lipinski definition) is 2. The van der Waals surface area contributed by atoms with Crippen LogP contribution in [0.4, 0.5) is 0 Å². The molecule has 1 saturated heterocycles. The van der Waals surface area contributed by atoms with Crippen molar-refractivity contribution in [3.05, 3.63) is 35.4 Å². The summed E-state index contributed by atoms with van der Waals surface area (Å²) in [7, 11) is 0. The largest absolute Gasteiger partial charge is 0.342 e. The Morgan fingerprint density at radius 1 is 1.40 bits per heavy atom. The van der Waals surface area contributed by atoms with Crippen molar-refractivity contribution in [1.82, 2.24) is 4.90 Å². The molecule has 1 aliphatic rings. The zero-order valence-corrected chi connectivity index (χ0v) is 13.6. The molecule has 0 aromatic heterocycles. The van der Waals surface area contributed by atoms with Gasteiger partial charge in [0, 0.05) is 18.8 Å². The van der Waals surface area contributed by atoms with Gasteiger partial charge in [0.25, 0.3) is 0 Å². The molecule has 0 bridgehead atoms. The van der Waals surface area contributed by atoms with Crippen molar-refractivity contribution in [3.8, 4) is 0 Å². The Labute approximate surface area is 126 Å². The number of carbonyl (C=O) groups is 1. The van der Waals surface area contributed by atoms with E-state index in [1.165, 1.54) is 11.1 Å². The van der Waals surface area contributed by atoms with Crippen molar-refractivity contribution in [2.75, 3.05) is 13.1 Å². The van der Waals surface area contributed by atoms with E-state index in [9.17, 15) is 4.79 Å².